The number of rotatable bonds is 4. The first-order chi connectivity index (χ1) is 40.7. The number of nitrogens with zero attached hydrogens (tertiary/aromatic N) is 1. The molecule has 0 saturated heterocycles. The average molecular weight is 1040 g/mol. The summed E-state index contributed by atoms with van der Waals surface area (Å²) in [5.74, 6) is 0. The lowest BCUT2D eigenvalue weighted by Crippen LogP contribution is -2.26. The highest BCUT2D eigenvalue weighted by molar-refractivity contribution is 6.34. The van der Waals surface area contributed by atoms with Gasteiger partial charge in [0.25, 0.3) is 0 Å². The monoisotopic (exact) mass is 1040 g/mol. The van der Waals surface area contributed by atoms with Gasteiger partial charge in [0.15, 0.2) is 0 Å². The molecule has 82 heavy (non-hydrogen) atoms. The number of furan rings is 1. The molecular formula is C80H47NO. The zero-order valence-electron chi connectivity index (χ0n) is 44.5. The highest BCUT2D eigenvalue weighted by atomic mass is 16.3. The molecule has 2 heteroatoms. The van der Waals surface area contributed by atoms with Gasteiger partial charge in [-0.05, 0) is 176 Å². The van der Waals surface area contributed by atoms with Crippen LogP contribution in [0.4, 0.5) is 17.1 Å². The number of anilines is 3. The van der Waals surface area contributed by atoms with E-state index >= 15 is 0 Å². The van der Waals surface area contributed by atoms with E-state index in [0.717, 1.165) is 50.1 Å². The van der Waals surface area contributed by atoms with Gasteiger partial charge >= 0.3 is 0 Å². The minimum atomic E-state index is -0.519. The molecule has 4 aliphatic carbocycles. The van der Waals surface area contributed by atoms with Crippen LogP contribution in [0.3, 0.4) is 0 Å². The highest BCUT2D eigenvalue weighted by Crippen LogP contribution is 2.66. The van der Waals surface area contributed by atoms with Gasteiger partial charge in [0.1, 0.15) is 11.2 Å². The number of hydrogen-bond donors (Lipinski definition) is 0. The van der Waals surface area contributed by atoms with Crippen molar-refractivity contribution in [3.8, 4) is 55.6 Å². The van der Waals surface area contributed by atoms with Crippen molar-refractivity contribution < 1.29 is 4.42 Å². The van der Waals surface area contributed by atoms with Crippen molar-refractivity contribution in [2.75, 3.05) is 4.90 Å². The Balaban J connectivity index is 0.896. The maximum Gasteiger partial charge on any atom is 0.136 e. The van der Waals surface area contributed by atoms with E-state index in [0.29, 0.717) is 0 Å². The molecule has 2 spiro atoms. The van der Waals surface area contributed by atoms with Gasteiger partial charge in [-0.25, -0.2) is 0 Å². The normalized spacial score (nSPS) is 14.0. The molecule has 1 heterocycles. The lowest BCUT2D eigenvalue weighted by Gasteiger charge is -2.34. The van der Waals surface area contributed by atoms with Crippen molar-refractivity contribution in [1.29, 1.82) is 0 Å². The van der Waals surface area contributed by atoms with Crippen molar-refractivity contribution in [3.63, 3.8) is 0 Å². The highest BCUT2D eigenvalue weighted by Gasteiger charge is 2.53. The third-order valence-electron chi connectivity index (χ3n) is 19.3. The third kappa shape index (κ3) is 5.45. The smallest absolute Gasteiger partial charge is 0.136 e. The van der Waals surface area contributed by atoms with Crippen molar-refractivity contribution in [3.05, 3.63) is 330 Å². The second-order valence-corrected chi connectivity index (χ2v) is 22.9. The van der Waals surface area contributed by atoms with Gasteiger partial charge in [0.2, 0.25) is 0 Å². The van der Waals surface area contributed by atoms with Gasteiger partial charge in [-0.2, -0.15) is 0 Å². The molecule has 0 bridgehead atoms. The van der Waals surface area contributed by atoms with Crippen LogP contribution in [0.5, 0.6) is 0 Å². The topological polar surface area (TPSA) is 16.4 Å². The van der Waals surface area contributed by atoms with Crippen molar-refractivity contribution in [1.82, 2.24) is 0 Å². The van der Waals surface area contributed by atoms with Crippen LogP contribution in [-0.2, 0) is 10.8 Å². The van der Waals surface area contributed by atoms with Gasteiger partial charge in [-0.3, -0.25) is 0 Å². The molecule has 0 saturated carbocycles. The molecule has 0 fully saturated rings. The predicted octanol–water partition coefficient (Wildman–Crippen LogP) is 20.9. The molecule has 2 nitrogen and oxygen atoms in total. The largest absolute Gasteiger partial charge is 0.456 e. The summed E-state index contributed by atoms with van der Waals surface area (Å²) in [6.45, 7) is 0. The first-order valence-corrected chi connectivity index (χ1v) is 28.7. The second-order valence-electron chi connectivity index (χ2n) is 22.9. The fourth-order valence-corrected chi connectivity index (χ4v) is 16.2. The summed E-state index contributed by atoms with van der Waals surface area (Å²) in [6.07, 6.45) is 0. The summed E-state index contributed by atoms with van der Waals surface area (Å²) in [5.41, 5.74) is 27.3. The molecule has 0 N–H and O–H groups in total. The zero-order valence-corrected chi connectivity index (χ0v) is 44.5. The van der Waals surface area contributed by atoms with Crippen LogP contribution >= 0.6 is 0 Å². The number of hydrogen-bond acceptors (Lipinski definition) is 2. The van der Waals surface area contributed by atoms with Crippen molar-refractivity contribution in [2.45, 2.75) is 10.8 Å². The van der Waals surface area contributed by atoms with Crippen LogP contribution in [0.2, 0.25) is 0 Å². The van der Waals surface area contributed by atoms with Gasteiger partial charge in [-0.15, -0.1) is 0 Å². The molecule has 15 aromatic rings. The predicted molar refractivity (Wildman–Crippen MR) is 339 cm³/mol. The Morgan fingerprint density at radius 1 is 0.232 bits per heavy atom. The van der Waals surface area contributed by atoms with E-state index in [1.165, 1.54) is 121 Å². The molecule has 0 aliphatic heterocycles. The van der Waals surface area contributed by atoms with Crippen molar-refractivity contribution >= 4 is 71.3 Å². The fourth-order valence-electron chi connectivity index (χ4n) is 16.2. The molecular weight excluding hydrogens is 991 g/mol. The minimum absolute atomic E-state index is 0.519. The second kappa shape index (κ2) is 16.1. The molecule has 4 aliphatic rings. The molecule has 0 atom stereocenters. The number of para-hydroxylation sites is 2. The Morgan fingerprint density at radius 3 is 1.12 bits per heavy atom. The Morgan fingerprint density at radius 2 is 0.610 bits per heavy atom. The lowest BCUT2D eigenvalue weighted by molar-refractivity contribution is 0.669. The summed E-state index contributed by atoms with van der Waals surface area (Å²) in [6, 6.07) is 108. The van der Waals surface area contributed by atoms with Crippen LogP contribution < -0.4 is 4.90 Å². The first kappa shape index (κ1) is 44.3. The number of benzene rings is 14. The number of fused-ring (bicyclic) bond motifs is 30. The van der Waals surface area contributed by atoms with E-state index in [1.807, 2.05) is 0 Å². The maximum atomic E-state index is 6.56. The van der Waals surface area contributed by atoms with Gasteiger partial charge in [-0.1, -0.05) is 231 Å². The van der Waals surface area contributed by atoms with E-state index < -0.39 is 10.8 Å². The Bertz CT molecular complexity index is 5000. The quantitative estimate of drug-likeness (QED) is 0.163. The van der Waals surface area contributed by atoms with Crippen LogP contribution in [0.1, 0.15) is 44.5 Å². The third-order valence-corrected chi connectivity index (χ3v) is 19.3. The first-order valence-electron chi connectivity index (χ1n) is 28.7. The Kier molecular flexibility index (Phi) is 8.69. The summed E-state index contributed by atoms with van der Waals surface area (Å²) in [4.78, 5) is 2.58. The van der Waals surface area contributed by atoms with E-state index in [4.69, 9.17) is 4.42 Å². The van der Waals surface area contributed by atoms with E-state index in [-0.39, 0.29) is 0 Å². The molecule has 0 amide bonds. The van der Waals surface area contributed by atoms with Crippen molar-refractivity contribution in [2.24, 2.45) is 0 Å². The minimum Gasteiger partial charge on any atom is -0.456 e. The zero-order chi connectivity index (χ0) is 53.4. The summed E-state index contributed by atoms with van der Waals surface area (Å²) < 4.78 is 6.56. The fraction of sp³-hybridized carbons (Fsp3) is 0.0250. The standard InChI is InChI=1S/C80H47NO/c1-2-27-62-52(20-1)53-40-37-48(45-65(53)63-43-44-76-78(77(62)63)64-28-10-18-36-75(64)82-76)51-19-9-17-35-74(51)81(49-38-41-60-58-25-7-15-33-70(58)79(72(60)46-49)66-29-11-3-21-54(66)55-22-4-12-30-67(55)79)50-39-42-61-59-26-8-16-34-71(59)80(73(61)47-50)68-31-13-5-23-56(68)57-24-6-14-32-69(57)80/h1-47H. The molecule has 1 aromatic heterocycles. The van der Waals surface area contributed by atoms with Crippen LogP contribution in [0, 0.1) is 0 Å². The summed E-state index contributed by atoms with van der Waals surface area (Å²) in [5, 5.41) is 9.65. The molecule has 19 rings (SSSR count). The average Bonchev–Trinajstić information content (AvgIpc) is 1.63. The van der Waals surface area contributed by atoms with Crippen LogP contribution in [-0.4, -0.2) is 0 Å². The van der Waals surface area contributed by atoms with E-state index in [2.05, 4.69) is 290 Å². The SMILES string of the molecule is c1ccc(N(c2ccc3c(c2)C2(c4ccccc4-c4ccccc42)c2ccccc2-3)c2ccc3c(c2)C2(c4ccccc4-c4ccccc42)c2ccccc2-3)c(-c2ccc3c4ccccc4c4c(ccc5oc6ccccc6c54)c3c2)c1. The lowest BCUT2D eigenvalue weighted by atomic mass is 9.70. The summed E-state index contributed by atoms with van der Waals surface area (Å²) >= 11 is 0. The van der Waals surface area contributed by atoms with E-state index in [1.54, 1.807) is 0 Å². The molecule has 14 aromatic carbocycles. The Hall–Kier alpha value is -10.5. The maximum absolute atomic E-state index is 6.56. The van der Waals surface area contributed by atoms with Gasteiger partial charge < -0.3 is 9.32 Å². The molecule has 378 valence electrons. The Labute approximate surface area is 474 Å². The van der Waals surface area contributed by atoms with E-state index in [9.17, 15) is 0 Å². The van der Waals surface area contributed by atoms with Crippen LogP contribution in [0.25, 0.3) is 110 Å². The molecule has 0 unspecified atom stereocenters. The van der Waals surface area contributed by atoms with Crippen LogP contribution in [0.15, 0.2) is 290 Å². The van der Waals surface area contributed by atoms with Gasteiger partial charge in [0.05, 0.1) is 16.5 Å². The summed E-state index contributed by atoms with van der Waals surface area (Å²) in [7, 11) is 0. The molecule has 0 radical (unpaired) electrons. The van der Waals surface area contributed by atoms with Gasteiger partial charge in [0, 0.05) is 33.1 Å².